The summed E-state index contributed by atoms with van der Waals surface area (Å²) in [5.41, 5.74) is 1.54. The van der Waals surface area contributed by atoms with Crippen LogP contribution < -0.4 is 5.32 Å². The molecule has 0 bridgehead atoms. The van der Waals surface area contributed by atoms with Gasteiger partial charge in [-0.05, 0) is 31.5 Å². The number of rotatable bonds is 7. The summed E-state index contributed by atoms with van der Waals surface area (Å²) in [4.78, 5) is 32.5. The number of carbonyl (C=O) groups excluding carboxylic acids is 1. The first-order valence-corrected chi connectivity index (χ1v) is 7.72. The molecule has 0 saturated carbocycles. The number of hydrogen-bond acceptors (Lipinski definition) is 5. The molecular weight excluding hydrogens is 308 g/mol. The molecule has 0 atom stereocenters. The van der Waals surface area contributed by atoms with Crippen LogP contribution in [0.2, 0.25) is 0 Å². The predicted octanol–water partition coefficient (Wildman–Crippen LogP) is 2.27. The van der Waals surface area contributed by atoms with Crippen LogP contribution in [0.4, 0.5) is 5.82 Å². The molecule has 126 valence electrons. The van der Waals surface area contributed by atoms with E-state index in [1.54, 1.807) is 17.0 Å². The number of aromatic carboxylic acids is 1. The van der Waals surface area contributed by atoms with Crippen molar-refractivity contribution in [2.45, 2.75) is 20.4 Å². The number of carboxylic acid groups (broad SMARTS) is 1. The summed E-state index contributed by atoms with van der Waals surface area (Å²) in [6.07, 6.45) is 2.58. The lowest BCUT2D eigenvalue weighted by molar-refractivity contribution is 0.0689. The third-order valence-electron chi connectivity index (χ3n) is 3.60. The molecule has 0 spiro atoms. The van der Waals surface area contributed by atoms with Gasteiger partial charge in [0.05, 0.1) is 12.4 Å². The van der Waals surface area contributed by atoms with Crippen LogP contribution in [0.3, 0.4) is 0 Å². The minimum atomic E-state index is -1.11. The van der Waals surface area contributed by atoms with Crippen LogP contribution >= 0.6 is 0 Å². The Bertz CT molecular complexity index is 695. The van der Waals surface area contributed by atoms with E-state index in [-0.39, 0.29) is 11.6 Å². The number of nitrogens with zero attached hydrogens (tertiary/aromatic N) is 3. The molecule has 0 unspecified atom stereocenters. The maximum absolute atomic E-state index is 12.2. The minimum Gasteiger partial charge on any atom is -0.476 e. The Morgan fingerprint density at radius 2 is 1.75 bits per heavy atom. The van der Waals surface area contributed by atoms with Crippen LogP contribution in [0.5, 0.6) is 0 Å². The molecule has 1 heterocycles. The molecule has 0 aliphatic rings. The highest BCUT2D eigenvalue weighted by molar-refractivity contribution is 5.94. The number of amides is 1. The van der Waals surface area contributed by atoms with Gasteiger partial charge in [-0.15, -0.1) is 0 Å². The molecule has 0 radical (unpaired) electrons. The molecule has 7 nitrogen and oxygen atoms in total. The smallest absolute Gasteiger partial charge is 0.356 e. The standard InChI is InChI=1S/C17H20N4O3/c1-3-21(4-2)16(22)13-7-5-12(6-8-13)9-19-15-11-18-14(10-20-15)17(23)24/h5-8,10-11H,3-4,9H2,1-2H3,(H,19,20)(H,23,24). The van der Waals surface area contributed by atoms with Crippen molar-refractivity contribution in [3.63, 3.8) is 0 Å². The van der Waals surface area contributed by atoms with Crippen molar-refractivity contribution in [2.24, 2.45) is 0 Å². The first-order valence-electron chi connectivity index (χ1n) is 7.72. The van der Waals surface area contributed by atoms with E-state index in [4.69, 9.17) is 5.11 Å². The first kappa shape index (κ1) is 17.4. The Balaban J connectivity index is 1.96. The summed E-state index contributed by atoms with van der Waals surface area (Å²) in [6.45, 7) is 5.78. The Morgan fingerprint density at radius 1 is 1.08 bits per heavy atom. The van der Waals surface area contributed by atoms with Crippen molar-refractivity contribution in [2.75, 3.05) is 18.4 Å². The molecule has 0 aliphatic carbocycles. The average Bonchev–Trinajstić information content (AvgIpc) is 2.61. The number of hydrogen-bond donors (Lipinski definition) is 2. The minimum absolute atomic E-state index is 0.0228. The predicted molar refractivity (Wildman–Crippen MR) is 90.0 cm³/mol. The van der Waals surface area contributed by atoms with Gasteiger partial charge < -0.3 is 15.3 Å². The van der Waals surface area contributed by atoms with Gasteiger partial charge in [-0.3, -0.25) is 4.79 Å². The van der Waals surface area contributed by atoms with Gasteiger partial charge in [-0.25, -0.2) is 14.8 Å². The number of nitrogens with one attached hydrogen (secondary N) is 1. The third kappa shape index (κ3) is 4.28. The average molecular weight is 328 g/mol. The molecule has 0 saturated heterocycles. The van der Waals surface area contributed by atoms with Gasteiger partial charge in [0.25, 0.3) is 5.91 Å². The molecule has 1 amide bonds. The Hall–Kier alpha value is -2.96. The van der Waals surface area contributed by atoms with Crippen molar-refractivity contribution in [3.8, 4) is 0 Å². The maximum Gasteiger partial charge on any atom is 0.356 e. The summed E-state index contributed by atoms with van der Waals surface area (Å²) in [5.74, 6) is -0.597. The monoisotopic (exact) mass is 328 g/mol. The van der Waals surface area contributed by atoms with E-state index >= 15 is 0 Å². The van der Waals surface area contributed by atoms with Crippen molar-refractivity contribution < 1.29 is 14.7 Å². The van der Waals surface area contributed by atoms with E-state index in [1.165, 1.54) is 12.4 Å². The molecule has 2 rings (SSSR count). The zero-order valence-electron chi connectivity index (χ0n) is 13.7. The topological polar surface area (TPSA) is 95.4 Å². The fraction of sp³-hybridized carbons (Fsp3) is 0.294. The number of aromatic nitrogens is 2. The van der Waals surface area contributed by atoms with Crippen molar-refractivity contribution in [1.29, 1.82) is 0 Å². The molecular formula is C17H20N4O3. The highest BCUT2D eigenvalue weighted by Crippen LogP contribution is 2.10. The van der Waals surface area contributed by atoms with E-state index in [0.29, 0.717) is 31.0 Å². The van der Waals surface area contributed by atoms with Crippen LogP contribution in [-0.4, -0.2) is 44.9 Å². The summed E-state index contributed by atoms with van der Waals surface area (Å²) in [6, 6.07) is 7.36. The van der Waals surface area contributed by atoms with Gasteiger partial charge in [0.2, 0.25) is 0 Å². The van der Waals surface area contributed by atoms with E-state index < -0.39 is 5.97 Å². The van der Waals surface area contributed by atoms with Crippen molar-refractivity contribution >= 4 is 17.7 Å². The Kier molecular flexibility index (Phi) is 5.83. The van der Waals surface area contributed by atoms with Gasteiger partial charge in [0.15, 0.2) is 5.69 Å². The molecule has 2 N–H and O–H groups in total. The lowest BCUT2D eigenvalue weighted by Gasteiger charge is -2.18. The van der Waals surface area contributed by atoms with E-state index in [0.717, 1.165) is 5.56 Å². The molecule has 2 aromatic rings. The molecule has 7 heteroatoms. The van der Waals surface area contributed by atoms with Gasteiger partial charge in [-0.1, -0.05) is 12.1 Å². The molecule has 1 aromatic heterocycles. The molecule has 0 fully saturated rings. The lowest BCUT2D eigenvalue weighted by Crippen LogP contribution is -2.30. The lowest BCUT2D eigenvalue weighted by atomic mass is 10.1. The van der Waals surface area contributed by atoms with Crippen LogP contribution in [0.25, 0.3) is 0 Å². The number of anilines is 1. The Morgan fingerprint density at radius 3 is 2.25 bits per heavy atom. The molecule has 1 aromatic carbocycles. The van der Waals surface area contributed by atoms with Gasteiger partial charge >= 0.3 is 5.97 Å². The second kappa shape index (κ2) is 8.05. The number of carboxylic acids is 1. The Labute approximate surface area is 140 Å². The summed E-state index contributed by atoms with van der Waals surface area (Å²) in [5, 5.41) is 11.8. The maximum atomic E-state index is 12.2. The van der Waals surface area contributed by atoms with Crippen molar-refractivity contribution in [1.82, 2.24) is 14.9 Å². The highest BCUT2D eigenvalue weighted by atomic mass is 16.4. The highest BCUT2D eigenvalue weighted by Gasteiger charge is 2.11. The second-order valence-corrected chi connectivity index (χ2v) is 5.12. The van der Waals surface area contributed by atoms with Crippen LogP contribution in [0.15, 0.2) is 36.7 Å². The van der Waals surface area contributed by atoms with Gasteiger partial charge in [0, 0.05) is 25.2 Å². The summed E-state index contributed by atoms with van der Waals surface area (Å²) in [7, 11) is 0. The summed E-state index contributed by atoms with van der Waals surface area (Å²) >= 11 is 0. The van der Waals surface area contributed by atoms with E-state index in [9.17, 15) is 9.59 Å². The SMILES string of the molecule is CCN(CC)C(=O)c1ccc(CNc2cnc(C(=O)O)cn2)cc1. The fourth-order valence-corrected chi connectivity index (χ4v) is 2.18. The van der Waals surface area contributed by atoms with E-state index in [1.807, 2.05) is 26.0 Å². The largest absolute Gasteiger partial charge is 0.476 e. The number of benzene rings is 1. The van der Waals surface area contributed by atoms with Gasteiger partial charge in [0.1, 0.15) is 5.82 Å². The van der Waals surface area contributed by atoms with Crippen LogP contribution in [0.1, 0.15) is 40.3 Å². The summed E-state index contributed by atoms with van der Waals surface area (Å²) < 4.78 is 0. The van der Waals surface area contributed by atoms with E-state index in [2.05, 4.69) is 15.3 Å². The number of carbonyl (C=O) groups is 2. The van der Waals surface area contributed by atoms with Gasteiger partial charge in [-0.2, -0.15) is 0 Å². The van der Waals surface area contributed by atoms with Crippen LogP contribution in [-0.2, 0) is 6.54 Å². The van der Waals surface area contributed by atoms with Crippen LogP contribution in [0, 0.1) is 0 Å². The zero-order chi connectivity index (χ0) is 17.5. The third-order valence-corrected chi connectivity index (χ3v) is 3.60. The normalized spacial score (nSPS) is 10.2. The van der Waals surface area contributed by atoms with Crippen molar-refractivity contribution in [3.05, 3.63) is 53.5 Å². The first-order chi connectivity index (χ1) is 11.5. The molecule has 0 aliphatic heterocycles. The quantitative estimate of drug-likeness (QED) is 0.809. The zero-order valence-corrected chi connectivity index (χ0v) is 13.7. The molecule has 24 heavy (non-hydrogen) atoms. The second-order valence-electron chi connectivity index (χ2n) is 5.12. The fourth-order valence-electron chi connectivity index (χ4n) is 2.18.